The number of amides is 1. The Balaban J connectivity index is 1.65. The number of carbonyl (C=O) groups is 1. The Hall–Kier alpha value is -2.57. The van der Waals surface area contributed by atoms with E-state index in [1.165, 1.54) is 0 Å². The van der Waals surface area contributed by atoms with Crippen molar-refractivity contribution in [3.63, 3.8) is 0 Å². The molecule has 0 atom stereocenters. The van der Waals surface area contributed by atoms with E-state index in [0.717, 1.165) is 18.9 Å². The van der Waals surface area contributed by atoms with Gasteiger partial charge in [-0.15, -0.1) is 0 Å². The molecular weight excluding hydrogens is 268 g/mol. The molecule has 7 heteroatoms. The molecule has 1 saturated heterocycles. The molecule has 0 radical (unpaired) electrons. The molecular formula is C14H18N6O. The number of pyridine rings is 1. The van der Waals surface area contributed by atoms with E-state index >= 15 is 0 Å². The van der Waals surface area contributed by atoms with Gasteiger partial charge in [-0.25, -0.2) is 9.97 Å². The summed E-state index contributed by atoms with van der Waals surface area (Å²) in [5.41, 5.74) is 7.10. The van der Waals surface area contributed by atoms with Gasteiger partial charge in [-0.1, -0.05) is 0 Å². The first-order valence-corrected chi connectivity index (χ1v) is 6.88. The normalized spacial score (nSPS) is 15.3. The summed E-state index contributed by atoms with van der Waals surface area (Å²) >= 11 is 0. The first-order chi connectivity index (χ1) is 10.1. The molecule has 3 heterocycles. The fourth-order valence-electron chi connectivity index (χ4n) is 2.48. The molecule has 1 aliphatic heterocycles. The zero-order chi connectivity index (χ0) is 14.8. The Bertz CT molecular complexity index is 644. The highest BCUT2D eigenvalue weighted by atomic mass is 16.2. The lowest BCUT2D eigenvalue weighted by Crippen LogP contribution is -2.49. The molecule has 0 bridgehead atoms. The zero-order valence-corrected chi connectivity index (χ0v) is 11.9. The smallest absolute Gasteiger partial charge is 0.274 e. The first-order valence-electron chi connectivity index (χ1n) is 6.88. The lowest BCUT2D eigenvalue weighted by molar-refractivity contribution is 0.0741. The molecule has 0 unspecified atom stereocenters. The largest absolute Gasteiger partial charge is 0.396 e. The second kappa shape index (κ2) is 5.43. The van der Waals surface area contributed by atoms with Crippen LogP contribution in [0.15, 0.2) is 30.9 Å². The van der Waals surface area contributed by atoms with Gasteiger partial charge in [-0.05, 0) is 12.1 Å². The Kier molecular flexibility index (Phi) is 3.47. The van der Waals surface area contributed by atoms with Gasteiger partial charge in [0.25, 0.3) is 5.91 Å². The van der Waals surface area contributed by atoms with Crippen LogP contribution in [0.2, 0.25) is 0 Å². The van der Waals surface area contributed by atoms with Crippen molar-refractivity contribution in [3.05, 3.63) is 36.5 Å². The summed E-state index contributed by atoms with van der Waals surface area (Å²) in [4.78, 5) is 24.7. The van der Waals surface area contributed by atoms with Crippen LogP contribution in [0.4, 0.5) is 11.5 Å². The molecule has 0 aromatic carbocycles. The summed E-state index contributed by atoms with van der Waals surface area (Å²) in [6, 6.07) is 3.66. The van der Waals surface area contributed by atoms with E-state index < -0.39 is 0 Å². The van der Waals surface area contributed by atoms with Crippen LogP contribution >= 0.6 is 0 Å². The lowest BCUT2D eigenvalue weighted by atomic mass is 10.2. The van der Waals surface area contributed by atoms with Crippen molar-refractivity contribution in [2.45, 2.75) is 0 Å². The molecule has 0 spiro atoms. The number of nitrogen functional groups attached to an aromatic ring is 1. The Morgan fingerprint density at radius 1 is 1.24 bits per heavy atom. The molecule has 21 heavy (non-hydrogen) atoms. The van der Waals surface area contributed by atoms with E-state index in [9.17, 15) is 4.79 Å². The molecule has 1 amide bonds. The minimum Gasteiger partial charge on any atom is -0.396 e. The highest BCUT2D eigenvalue weighted by molar-refractivity contribution is 5.92. The van der Waals surface area contributed by atoms with Crippen molar-refractivity contribution in [3.8, 4) is 0 Å². The molecule has 3 rings (SSSR count). The first kappa shape index (κ1) is 13.4. The van der Waals surface area contributed by atoms with E-state index in [0.29, 0.717) is 24.5 Å². The number of anilines is 2. The average Bonchev–Trinajstić information content (AvgIpc) is 2.94. The van der Waals surface area contributed by atoms with Gasteiger partial charge in [-0.2, -0.15) is 0 Å². The number of piperazine rings is 1. The lowest BCUT2D eigenvalue weighted by Gasteiger charge is -2.35. The topological polar surface area (TPSA) is 80.3 Å². The van der Waals surface area contributed by atoms with Crippen molar-refractivity contribution < 1.29 is 4.79 Å². The summed E-state index contributed by atoms with van der Waals surface area (Å²) in [6.45, 7) is 2.73. The quantitative estimate of drug-likeness (QED) is 0.862. The van der Waals surface area contributed by atoms with Crippen molar-refractivity contribution in [2.24, 2.45) is 7.05 Å². The van der Waals surface area contributed by atoms with E-state index in [-0.39, 0.29) is 5.91 Å². The Morgan fingerprint density at radius 3 is 2.62 bits per heavy atom. The average molecular weight is 286 g/mol. The van der Waals surface area contributed by atoms with Crippen molar-refractivity contribution in [2.75, 3.05) is 36.8 Å². The van der Waals surface area contributed by atoms with Crippen LogP contribution in [-0.4, -0.2) is 51.5 Å². The highest BCUT2D eigenvalue weighted by Gasteiger charge is 2.24. The standard InChI is InChI=1S/C14H18N6O/c1-18-9-12(17-10-18)14(21)20-7-5-19(6-8-20)13-11(15)3-2-4-16-13/h2-4,9-10H,5-8,15H2,1H3. The minimum absolute atomic E-state index is 0.0238. The monoisotopic (exact) mass is 286 g/mol. The second-order valence-electron chi connectivity index (χ2n) is 5.12. The maximum atomic E-state index is 12.3. The van der Waals surface area contributed by atoms with Crippen LogP contribution in [0.3, 0.4) is 0 Å². The molecule has 110 valence electrons. The van der Waals surface area contributed by atoms with Crippen LogP contribution in [-0.2, 0) is 7.05 Å². The van der Waals surface area contributed by atoms with Gasteiger partial charge < -0.3 is 20.1 Å². The zero-order valence-electron chi connectivity index (χ0n) is 11.9. The number of carbonyl (C=O) groups excluding carboxylic acids is 1. The number of hydrogen-bond donors (Lipinski definition) is 1. The molecule has 0 aliphatic carbocycles. The molecule has 1 aliphatic rings. The van der Waals surface area contributed by atoms with Gasteiger partial charge in [-0.3, -0.25) is 4.79 Å². The predicted molar refractivity (Wildman–Crippen MR) is 80.0 cm³/mol. The summed E-state index contributed by atoms with van der Waals surface area (Å²) < 4.78 is 1.78. The Labute approximate surface area is 123 Å². The van der Waals surface area contributed by atoms with Gasteiger partial charge in [0, 0.05) is 45.6 Å². The van der Waals surface area contributed by atoms with Crippen LogP contribution in [0.1, 0.15) is 10.5 Å². The van der Waals surface area contributed by atoms with Gasteiger partial charge in [0.1, 0.15) is 5.69 Å². The maximum Gasteiger partial charge on any atom is 0.274 e. The van der Waals surface area contributed by atoms with Crippen LogP contribution in [0.5, 0.6) is 0 Å². The van der Waals surface area contributed by atoms with Crippen molar-refractivity contribution in [1.29, 1.82) is 0 Å². The third-order valence-electron chi connectivity index (χ3n) is 3.61. The number of imidazole rings is 1. The molecule has 0 saturated carbocycles. The fourth-order valence-corrected chi connectivity index (χ4v) is 2.48. The number of aryl methyl sites for hydroxylation is 1. The number of nitrogens with two attached hydrogens (primary N) is 1. The van der Waals surface area contributed by atoms with Crippen LogP contribution in [0, 0.1) is 0 Å². The van der Waals surface area contributed by atoms with Gasteiger partial charge in [0.05, 0.1) is 12.0 Å². The summed E-state index contributed by atoms with van der Waals surface area (Å²) in [6.07, 6.45) is 5.11. The van der Waals surface area contributed by atoms with Gasteiger partial charge >= 0.3 is 0 Å². The summed E-state index contributed by atoms with van der Waals surface area (Å²) in [5.74, 6) is 0.770. The molecule has 2 aromatic rings. The van der Waals surface area contributed by atoms with Gasteiger partial charge in [0.2, 0.25) is 0 Å². The Morgan fingerprint density at radius 2 is 2.00 bits per heavy atom. The predicted octanol–water partition coefficient (Wildman–Crippen LogP) is 0.360. The summed E-state index contributed by atoms with van der Waals surface area (Å²) in [7, 11) is 1.85. The molecule has 2 N–H and O–H groups in total. The van der Waals surface area contributed by atoms with Crippen LogP contribution < -0.4 is 10.6 Å². The van der Waals surface area contributed by atoms with Crippen LogP contribution in [0.25, 0.3) is 0 Å². The van der Waals surface area contributed by atoms with Crippen molar-refractivity contribution >= 4 is 17.4 Å². The number of hydrogen-bond acceptors (Lipinski definition) is 5. The highest BCUT2D eigenvalue weighted by Crippen LogP contribution is 2.20. The molecule has 1 fully saturated rings. The van der Waals surface area contributed by atoms with Gasteiger partial charge in [0.15, 0.2) is 5.82 Å². The third-order valence-corrected chi connectivity index (χ3v) is 3.61. The van der Waals surface area contributed by atoms with E-state index in [2.05, 4.69) is 14.9 Å². The molecule has 7 nitrogen and oxygen atoms in total. The van der Waals surface area contributed by atoms with E-state index in [1.54, 1.807) is 23.3 Å². The molecule has 2 aromatic heterocycles. The van der Waals surface area contributed by atoms with E-state index in [4.69, 9.17) is 5.73 Å². The number of nitrogens with zero attached hydrogens (tertiary/aromatic N) is 5. The van der Waals surface area contributed by atoms with Crippen molar-refractivity contribution in [1.82, 2.24) is 19.4 Å². The minimum atomic E-state index is -0.0238. The summed E-state index contributed by atoms with van der Waals surface area (Å²) in [5, 5.41) is 0. The fraction of sp³-hybridized carbons (Fsp3) is 0.357. The van der Waals surface area contributed by atoms with E-state index in [1.807, 2.05) is 24.1 Å². The number of aromatic nitrogens is 3. The second-order valence-corrected chi connectivity index (χ2v) is 5.12. The number of rotatable bonds is 2. The maximum absolute atomic E-state index is 12.3. The SMILES string of the molecule is Cn1cnc(C(=O)N2CCN(c3ncccc3N)CC2)c1. The third kappa shape index (κ3) is 2.67.